The summed E-state index contributed by atoms with van der Waals surface area (Å²) in [7, 11) is 0. The van der Waals surface area contributed by atoms with E-state index in [0.29, 0.717) is 44.2 Å². The second-order valence-corrected chi connectivity index (χ2v) is 8.26. The van der Waals surface area contributed by atoms with E-state index in [2.05, 4.69) is 4.90 Å². The van der Waals surface area contributed by atoms with Crippen molar-refractivity contribution in [2.45, 2.75) is 19.4 Å². The molecule has 0 saturated carbocycles. The topological polar surface area (TPSA) is 65.5 Å². The van der Waals surface area contributed by atoms with E-state index in [9.17, 15) is 9.59 Å². The van der Waals surface area contributed by atoms with Crippen molar-refractivity contribution in [3.63, 3.8) is 0 Å². The molecule has 2 amide bonds. The van der Waals surface area contributed by atoms with Crippen LogP contribution in [0.15, 0.2) is 59.7 Å². The summed E-state index contributed by atoms with van der Waals surface area (Å²) in [5, 5.41) is 6.93. The van der Waals surface area contributed by atoms with E-state index in [1.807, 2.05) is 54.6 Å². The molecule has 8 heteroatoms. The van der Waals surface area contributed by atoms with Gasteiger partial charge >= 0.3 is 6.09 Å². The van der Waals surface area contributed by atoms with Crippen LogP contribution in [-0.4, -0.2) is 71.9 Å². The highest BCUT2D eigenvalue weighted by Crippen LogP contribution is 2.36. The molecule has 2 heterocycles. The number of nitrogens with zero attached hydrogens (tertiary/aromatic N) is 4. The molecule has 0 bridgehead atoms. The number of carbonyl (C=O) groups is 2. The van der Waals surface area contributed by atoms with Gasteiger partial charge in [0.25, 0.3) is 5.91 Å². The van der Waals surface area contributed by atoms with Gasteiger partial charge in [0.15, 0.2) is 0 Å². The maximum Gasteiger partial charge on any atom is 0.409 e. The Balaban J connectivity index is 1.48. The zero-order valence-corrected chi connectivity index (χ0v) is 18.9. The molecule has 0 spiro atoms. The standard InChI is InChI=1S/C24H27ClN4O3/c1-2-32-24(31)28-14-12-27(13-15-28)17-23(30)29-22(19-10-6-7-11-20(19)25)16-21(26-29)18-8-4-3-5-9-18/h3-11,22H,2,12-17H2,1H3. The van der Waals surface area contributed by atoms with Crippen molar-refractivity contribution in [3.8, 4) is 0 Å². The molecule has 1 saturated heterocycles. The fourth-order valence-corrected chi connectivity index (χ4v) is 4.36. The number of ether oxygens (including phenoxy) is 1. The Bertz CT molecular complexity index is 990. The first-order chi connectivity index (χ1) is 15.6. The van der Waals surface area contributed by atoms with Crippen molar-refractivity contribution in [1.29, 1.82) is 0 Å². The average molecular weight is 455 g/mol. The van der Waals surface area contributed by atoms with Gasteiger partial charge in [0.1, 0.15) is 0 Å². The van der Waals surface area contributed by atoms with Crippen LogP contribution in [0.3, 0.4) is 0 Å². The lowest BCUT2D eigenvalue weighted by molar-refractivity contribution is -0.134. The number of hydrogen-bond donors (Lipinski definition) is 0. The summed E-state index contributed by atoms with van der Waals surface area (Å²) in [5.41, 5.74) is 2.77. The minimum atomic E-state index is -0.297. The summed E-state index contributed by atoms with van der Waals surface area (Å²) in [6.07, 6.45) is 0.310. The summed E-state index contributed by atoms with van der Waals surface area (Å²) < 4.78 is 5.07. The SMILES string of the molecule is CCOC(=O)N1CCN(CC(=O)N2N=C(c3ccccc3)CC2c2ccccc2Cl)CC1. The molecule has 4 rings (SSSR count). The number of hydrogen-bond acceptors (Lipinski definition) is 5. The Labute approximate surface area is 193 Å². The highest BCUT2D eigenvalue weighted by atomic mass is 35.5. The van der Waals surface area contributed by atoms with E-state index >= 15 is 0 Å². The normalized spacial score (nSPS) is 19.1. The van der Waals surface area contributed by atoms with Gasteiger partial charge in [0, 0.05) is 37.6 Å². The van der Waals surface area contributed by atoms with Crippen LogP contribution in [0.5, 0.6) is 0 Å². The van der Waals surface area contributed by atoms with Crippen LogP contribution in [-0.2, 0) is 9.53 Å². The molecule has 0 N–H and O–H groups in total. The van der Waals surface area contributed by atoms with Crippen LogP contribution >= 0.6 is 11.6 Å². The number of benzene rings is 2. The van der Waals surface area contributed by atoms with E-state index in [1.54, 1.807) is 16.8 Å². The molecule has 1 fully saturated rings. The highest BCUT2D eigenvalue weighted by Gasteiger charge is 2.35. The van der Waals surface area contributed by atoms with Gasteiger partial charge in [-0.15, -0.1) is 0 Å². The van der Waals surface area contributed by atoms with Crippen molar-refractivity contribution in [2.24, 2.45) is 5.10 Å². The van der Waals surface area contributed by atoms with Gasteiger partial charge in [-0.2, -0.15) is 5.10 Å². The lowest BCUT2D eigenvalue weighted by Gasteiger charge is -2.34. The van der Waals surface area contributed by atoms with Gasteiger partial charge in [-0.1, -0.05) is 60.1 Å². The molecule has 0 aromatic heterocycles. The highest BCUT2D eigenvalue weighted by molar-refractivity contribution is 6.31. The number of piperazine rings is 1. The van der Waals surface area contributed by atoms with Crippen LogP contribution < -0.4 is 0 Å². The lowest BCUT2D eigenvalue weighted by atomic mass is 9.98. The first-order valence-corrected chi connectivity index (χ1v) is 11.3. The van der Waals surface area contributed by atoms with Crippen molar-refractivity contribution in [2.75, 3.05) is 39.3 Å². The molecule has 7 nitrogen and oxygen atoms in total. The van der Waals surface area contributed by atoms with Gasteiger partial charge in [-0.05, 0) is 24.1 Å². The van der Waals surface area contributed by atoms with E-state index < -0.39 is 0 Å². The Hall–Kier alpha value is -2.90. The summed E-state index contributed by atoms with van der Waals surface area (Å²) in [4.78, 5) is 29.0. The number of hydrazone groups is 1. The number of rotatable bonds is 5. The monoisotopic (exact) mass is 454 g/mol. The van der Waals surface area contributed by atoms with Crippen LogP contribution in [0.25, 0.3) is 0 Å². The van der Waals surface area contributed by atoms with Crippen molar-refractivity contribution in [3.05, 3.63) is 70.7 Å². The quantitative estimate of drug-likeness (QED) is 0.689. The largest absolute Gasteiger partial charge is 0.450 e. The third-order valence-corrected chi connectivity index (χ3v) is 6.14. The third-order valence-electron chi connectivity index (χ3n) is 5.79. The van der Waals surface area contributed by atoms with E-state index in [-0.39, 0.29) is 24.6 Å². The Morgan fingerprint density at radius 1 is 1.03 bits per heavy atom. The van der Waals surface area contributed by atoms with Crippen molar-refractivity contribution >= 4 is 29.3 Å². The van der Waals surface area contributed by atoms with Gasteiger partial charge < -0.3 is 9.64 Å². The van der Waals surface area contributed by atoms with Crippen molar-refractivity contribution in [1.82, 2.24) is 14.8 Å². The van der Waals surface area contributed by atoms with Crippen LogP contribution in [0.1, 0.15) is 30.5 Å². The van der Waals surface area contributed by atoms with Crippen molar-refractivity contribution < 1.29 is 14.3 Å². The second kappa shape index (κ2) is 10.1. The zero-order valence-electron chi connectivity index (χ0n) is 18.1. The van der Waals surface area contributed by atoms with E-state index in [4.69, 9.17) is 21.4 Å². The summed E-state index contributed by atoms with van der Waals surface area (Å²) in [5.74, 6) is -0.0783. The molecule has 0 aliphatic carbocycles. The van der Waals surface area contributed by atoms with Crippen LogP contribution in [0, 0.1) is 0 Å². The summed E-state index contributed by atoms with van der Waals surface area (Å²) in [6.45, 7) is 4.70. The smallest absolute Gasteiger partial charge is 0.409 e. The van der Waals surface area contributed by atoms with E-state index in [1.165, 1.54) is 0 Å². The molecule has 168 valence electrons. The minimum absolute atomic E-state index is 0.0783. The third kappa shape index (κ3) is 4.95. The molecule has 1 atom stereocenters. The lowest BCUT2D eigenvalue weighted by Crippen LogP contribution is -2.51. The molecule has 0 radical (unpaired) electrons. The first-order valence-electron chi connectivity index (χ1n) is 10.9. The minimum Gasteiger partial charge on any atom is -0.450 e. The Morgan fingerprint density at radius 2 is 1.72 bits per heavy atom. The Kier molecular flexibility index (Phi) is 7.07. The molecule has 1 unspecified atom stereocenters. The predicted octanol–water partition coefficient (Wildman–Crippen LogP) is 3.79. The zero-order chi connectivity index (χ0) is 22.5. The maximum absolute atomic E-state index is 13.3. The Morgan fingerprint density at radius 3 is 2.41 bits per heavy atom. The fraction of sp³-hybridized carbons (Fsp3) is 0.375. The van der Waals surface area contributed by atoms with Crippen LogP contribution in [0.2, 0.25) is 5.02 Å². The molecule has 2 aromatic rings. The molecule has 2 aliphatic rings. The summed E-state index contributed by atoms with van der Waals surface area (Å²) in [6, 6.07) is 17.3. The predicted molar refractivity (Wildman–Crippen MR) is 124 cm³/mol. The fourth-order valence-electron chi connectivity index (χ4n) is 4.10. The van der Waals surface area contributed by atoms with Gasteiger partial charge in [-0.3, -0.25) is 9.69 Å². The van der Waals surface area contributed by atoms with Gasteiger partial charge in [0.2, 0.25) is 0 Å². The number of carbonyl (C=O) groups excluding carboxylic acids is 2. The average Bonchev–Trinajstić information content (AvgIpc) is 3.26. The van der Waals surface area contributed by atoms with Crippen LogP contribution in [0.4, 0.5) is 4.79 Å². The van der Waals surface area contributed by atoms with Gasteiger partial charge in [-0.25, -0.2) is 9.80 Å². The number of halogens is 1. The maximum atomic E-state index is 13.3. The molecule has 2 aliphatic heterocycles. The molecule has 32 heavy (non-hydrogen) atoms. The first kappa shape index (κ1) is 22.3. The molecular weight excluding hydrogens is 428 g/mol. The number of amides is 2. The molecule has 2 aromatic carbocycles. The van der Waals surface area contributed by atoms with Gasteiger partial charge in [0.05, 0.1) is 24.9 Å². The summed E-state index contributed by atoms with van der Waals surface area (Å²) >= 11 is 6.48. The van der Waals surface area contributed by atoms with E-state index in [0.717, 1.165) is 16.8 Å². The second-order valence-electron chi connectivity index (χ2n) is 7.85. The molecular formula is C24H27ClN4O3.